The third-order valence-electron chi connectivity index (χ3n) is 7.84. The number of nitrogens with zero attached hydrogens (tertiary/aromatic N) is 1. The van der Waals surface area contributed by atoms with Gasteiger partial charge in [0, 0.05) is 38.3 Å². The van der Waals surface area contributed by atoms with E-state index in [1.807, 2.05) is 36.9 Å². The van der Waals surface area contributed by atoms with Crippen LogP contribution in [0.15, 0.2) is 24.3 Å². The Kier molecular flexibility index (Phi) is 7.87. The maximum absolute atomic E-state index is 13.2. The highest BCUT2D eigenvalue weighted by molar-refractivity contribution is 5.98. The van der Waals surface area contributed by atoms with Gasteiger partial charge in [-0.1, -0.05) is 45.2 Å². The van der Waals surface area contributed by atoms with Crippen LogP contribution in [-0.2, 0) is 9.59 Å². The molecule has 1 saturated heterocycles. The molecule has 3 aliphatic rings. The second-order valence-electron chi connectivity index (χ2n) is 10.9. The first-order valence-corrected chi connectivity index (χ1v) is 13.1. The number of ketones is 1. The average molecular weight is 455 g/mol. The minimum Gasteiger partial charge on any atom is -0.342 e. The van der Waals surface area contributed by atoms with Crippen LogP contribution < -0.4 is 5.32 Å². The lowest BCUT2D eigenvalue weighted by molar-refractivity contribution is -0.132. The van der Waals surface area contributed by atoms with Gasteiger partial charge in [-0.05, 0) is 68.1 Å². The van der Waals surface area contributed by atoms with Crippen molar-refractivity contribution in [1.82, 2.24) is 10.2 Å². The summed E-state index contributed by atoms with van der Waals surface area (Å²) >= 11 is 0. The number of hydrogen-bond donors (Lipinski definition) is 1. The van der Waals surface area contributed by atoms with Gasteiger partial charge >= 0.3 is 0 Å². The normalized spacial score (nSPS) is 22.8. The molecular formula is C28H42N2O3. The number of piperidine rings is 1. The number of likely N-dealkylation sites (tertiary alicyclic amines) is 1. The van der Waals surface area contributed by atoms with E-state index in [0.29, 0.717) is 23.8 Å². The van der Waals surface area contributed by atoms with Crippen LogP contribution in [0, 0.1) is 17.8 Å². The van der Waals surface area contributed by atoms with E-state index < -0.39 is 6.04 Å². The SMILES string of the molecule is CC(C)C(=O)[C@H](NC(=O)c1cccc(C2CCCN(C(=O)CC3CC3)C2)c1)C1CCCCC1.[HH]. The Morgan fingerprint density at radius 3 is 2.48 bits per heavy atom. The van der Waals surface area contributed by atoms with Gasteiger partial charge in [0.25, 0.3) is 5.91 Å². The summed E-state index contributed by atoms with van der Waals surface area (Å²) in [5, 5.41) is 3.12. The maximum atomic E-state index is 13.2. The molecule has 5 heteroatoms. The molecule has 182 valence electrons. The van der Waals surface area contributed by atoms with Gasteiger partial charge in [-0.2, -0.15) is 0 Å². The second kappa shape index (κ2) is 10.8. The molecule has 0 radical (unpaired) electrons. The van der Waals surface area contributed by atoms with E-state index in [4.69, 9.17) is 0 Å². The van der Waals surface area contributed by atoms with Crippen molar-refractivity contribution in [2.75, 3.05) is 13.1 Å². The van der Waals surface area contributed by atoms with Crippen molar-refractivity contribution in [3.8, 4) is 0 Å². The number of hydrogen-bond acceptors (Lipinski definition) is 3. The Morgan fingerprint density at radius 2 is 1.79 bits per heavy atom. The van der Waals surface area contributed by atoms with E-state index in [-0.39, 0.29) is 30.9 Å². The highest BCUT2D eigenvalue weighted by atomic mass is 16.2. The molecule has 2 saturated carbocycles. The summed E-state index contributed by atoms with van der Waals surface area (Å²) in [7, 11) is 0. The molecule has 1 aliphatic heterocycles. The highest BCUT2D eigenvalue weighted by Crippen LogP contribution is 2.34. The first-order valence-electron chi connectivity index (χ1n) is 13.1. The molecule has 33 heavy (non-hydrogen) atoms. The second-order valence-corrected chi connectivity index (χ2v) is 10.9. The number of Topliss-reactive ketones (excluding diaryl/α,β-unsaturated/α-hetero) is 1. The predicted molar refractivity (Wildman–Crippen MR) is 132 cm³/mol. The number of carbonyl (C=O) groups excluding carboxylic acids is 3. The number of benzene rings is 1. The molecule has 2 amide bonds. The van der Waals surface area contributed by atoms with Crippen LogP contribution in [0.25, 0.3) is 0 Å². The maximum Gasteiger partial charge on any atom is 0.251 e. The summed E-state index contributed by atoms with van der Waals surface area (Å²) in [6.45, 7) is 5.43. The average Bonchev–Trinajstić information content (AvgIpc) is 3.66. The molecule has 1 heterocycles. The Labute approximate surface area is 200 Å². The Bertz CT molecular complexity index is 861. The fourth-order valence-corrected chi connectivity index (χ4v) is 5.58. The summed E-state index contributed by atoms with van der Waals surface area (Å²) in [5.74, 6) is 1.30. The fourth-order valence-electron chi connectivity index (χ4n) is 5.58. The van der Waals surface area contributed by atoms with E-state index in [9.17, 15) is 14.4 Å². The van der Waals surface area contributed by atoms with E-state index in [1.165, 1.54) is 19.3 Å². The largest absolute Gasteiger partial charge is 0.342 e. The highest BCUT2D eigenvalue weighted by Gasteiger charge is 2.33. The molecule has 5 nitrogen and oxygen atoms in total. The molecule has 4 rings (SSSR count). The topological polar surface area (TPSA) is 66.5 Å². The zero-order chi connectivity index (χ0) is 23.4. The van der Waals surface area contributed by atoms with Gasteiger partial charge in [-0.15, -0.1) is 0 Å². The lowest BCUT2D eigenvalue weighted by Gasteiger charge is -2.33. The Balaban J connectivity index is 0.00000324. The third-order valence-corrected chi connectivity index (χ3v) is 7.84. The Hall–Kier alpha value is -2.17. The number of carbonyl (C=O) groups is 3. The van der Waals surface area contributed by atoms with Gasteiger partial charge in [0.05, 0.1) is 6.04 Å². The van der Waals surface area contributed by atoms with E-state index >= 15 is 0 Å². The molecule has 2 atom stereocenters. The molecule has 0 bridgehead atoms. The van der Waals surface area contributed by atoms with Crippen molar-refractivity contribution in [1.29, 1.82) is 0 Å². The lowest BCUT2D eigenvalue weighted by Crippen LogP contribution is -2.48. The molecule has 0 spiro atoms. The van der Waals surface area contributed by atoms with Crippen LogP contribution in [-0.4, -0.2) is 41.6 Å². The standard InChI is InChI=1S/C28H40N2O3.H2/c1-19(2)27(32)26(21-8-4-3-5-9-21)29-28(33)23-11-6-10-22(17-23)24-12-7-15-30(18-24)25(31)16-20-13-14-20;/h6,10-11,17,19-21,24,26H,3-5,7-9,12-16,18H2,1-2H3,(H,29,33);1H/t24?,26-;/m1./s1. The zero-order valence-corrected chi connectivity index (χ0v) is 20.4. The summed E-state index contributed by atoms with van der Waals surface area (Å²) < 4.78 is 0. The van der Waals surface area contributed by atoms with E-state index in [1.54, 1.807) is 0 Å². The predicted octanol–water partition coefficient (Wildman–Crippen LogP) is 5.34. The van der Waals surface area contributed by atoms with Gasteiger partial charge in [0.1, 0.15) is 0 Å². The molecule has 1 aromatic rings. The molecule has 1 unspecified atom stereocenters. The quantitative estimate of drug-likeness (QED) is 0.576. The third kappa shape index (κ3) is 6.24. The minimum absolute atomic E-state index is 0. The van der Waals surface area contributed by atoms with Crippen molar-refractivity contribution >= 4 is 17.6 Å². The van der Waals surface area contributed by atoms with Crippen molar-refractivity contribution in [2.45, 2.75) is 90.0 Å². The number of amides is 2. The summed E-state index contributed by atoms with van der Waals surface area (Å²) in [4.78, 5) is 40.8. The number of nitrogens with one attached hydrogen (secondary N) is 1. The van der Waals surface area contributed by atoms with Crippen molar-refractivity contribution in [3.63, 3.8) is 0 Å². The first-order chi connectivity index (χ1) is 15.9. The smallest absolute Gasteiger partial charge is 0.251 e. The Morgan fingerprint density at radius 1 is 1.03 bits per heavy atom. The van der Waals surface area contributed by atoms with Crippen LogP contribution in [0.4, 0.5) is 0 Å². The monoisotopic (exact) mass is 454 g/mol. The number of rotatable bonds is 8. The van der Waals surface area contributed by atoms with Gasteiger partial charge in [0.15, 0.2) is 5.78 Å². The van der Waals surface area contributed by atoms with Crippen LogP contribution in [0.1, 0.15) is 101 Å². The van der Waals surface area contributed by atoms with Crippen molar-refractivity contribution < 1.29 is 15.8 Å². The molecule has 0 aromatic heterocycles. The fraction of sp³-hybridized carbons (Fsp3) is 0.679. The van der Waals surface area contributed by atoms with Gasteiger partial charge < -0.3 is 10.2 Å². The first kappa shape index (κ1) is 24.0. The lowest BCUT2D eigenvalue weighted by atomic mass is 9.80. The van der Waals surface area contributed by atoms with Gasteiger partial charge in [-0.3, -0.25) is 14.4 Å². The van der Waals surface area contributed by atoms with Gasteiger partial charge in [0.2, 0.25) is 5.91 Å². The van der Waals surface area contributed by atoms with Gasteiger partial charge in [-0.25, -0.2) is 0 Å². The molecule has 3 fully saturated rings. The van der Waals surface area contributed by atoms with Crippen LogP contribution in [0.2, 0.25) is 0 Å². The van der Waals surface area contributed by atoms with E-state index in [2.05, 4.69) is 11.4 Å². The van der Waals surface area contributed by atoms with Crippen LogP contribution in [0.3, 0.4) is 0 Å². The van der Waals surface area contributed by atoms with Crippen LogP contribution in [0.5, 0.6) is 0 Å². The summed E-state index contributed by atoms with van der Waals surface area (Å²) in [6.07, 6.45) is 10.6. The van der Waals surface area contributed by atoms with Crippen molar-refractivity contribution in [2.24, 2.45) is 17.8 Å². The minimum atomic E-state index is -0.397. The van der Waals surface area contributed by atoms with E-state index in [0.717, 1.165) is 57.2 Å². The summed E-state index contributed by atoms with van der Waals surface area (Å²) in [5.41, 5.74) is 1.74. The molecule has 2 aliphatic carbocycles. The molecule has 1 aromatic carbocycles. The van der Waals surface area contributed by atoms with Crippen LogP contribution >= 0.6 is 0 Å². The van der Waals surface area contributed by atoms with Crippen molar-refractivity contribution in [3.05, 3.63) is 35.4 Å². The summed E-state index contributed by atoms with van der Waals surface area (Å²) in [6, 6.07) is 7.44. The molecule has 1 N–H and O–H groups in total. The molecular weight excluding hydrogens is 412 g/mol. The zero-order valence-electron chi connectivity index (χ0n) is 20.4.